The number of hydrogen-bond donors (Lipinski definition) is 2. The fourth-order valence-electron chi connectivity index (χ4n) is 1.94. The summed E-state index contributed by atoms with van der Waals surface area (Å²) < 4.78 is 5.82. The largest absolute Gasteiger partial charge is 0.490 e. The van der Waals surface area contributed by atoms with Crippen molar-refractivity contribution < 1.29 is 4.74 Å². The van der Waals surface area contributed by atoms with E-state index in [0.717, 1.165) is 25.0 Å². The Labute approximate surface area is 95.4 Å². The van der Waals surface area contributed by atoms with E-state index in [1.165, 1.54) is 11.8 Å². The first kappa shape index (κ1) is 10.7. The Balaban J connectivity index is 2.09. The van der Waals surface area contributed by atoms with E-state index >= 15 is 0 Å². The van der Waals surface area contributed by atoms with Gasteiger partial charge in [0.25, 0.3) is 0 Å². The molecule has 1 aromatic rings. The highest BCUT2D eigenvalue weighted by Gasteiger charge is 2.19. The van der Waals surface area contributed by atoms with Crippen LogP contribution in [0.15, 0.2) is 30.4 Å². The second-order valence-corrected chi connectivity index (χ2v) is 4.17. The molecule has 0 aliphatic heterocycles. The zero-order valence-electron chi connectivity index (χ0n) is 9.20. The molecule has 1 atom stereocenters. The average molecular weight is 216 g/mol. The van der Waals surface area contributed by atoms with Gasteiger partial charge in [0.15, 0.2) is 0 Å². The lowest BCUT2D eigenvalue weighted by atomic mass is 10.2. The molecule has 1 aromatic carbocycles. The van der Waals surface area contributed by atoms with Gasteiger partial charge >= 0.3 is 0 Å². The zero-order chi connectivity index (χ0) is 11.5. The molecule has 1 saturated carbocycles. The summed E-state index contributed by atoms with van der Waals surface area (Å²) in [5.74, 6) is 0.785. The molecular formula is C13H16N2O. The smallest absolute Gasteiger partial charge is 0.120 e. The highest BCUT2D eigenvalue weighted by atomic mass is 16.5. The van der Waals surface area contributed by atoms with Crippen LogP contribution in [0.5, 0.6) is 5.75 Å². The monoisotopic (exact) mass is 216 g/mol. The molecular weight excluding hydrogens is 200 g/mol. The minimum atomic E-state index is 0.231. The summed E-state index contributed by atoms with van der Waals surface area (Å²) in [6.07, 6.45) is 4.50. The second-order valence-electron chi connectivity index (χ2n) is 4.17. The summed E-state index contributed by atoms with van der Waals surface area (Å²) in [5, 5.41) is 7.22. The van der Waals surface area contributed by atoms with Crippen molar-refractivity contribution in [1.82, 2.24) is 0 Å². The number of nitrogens with two attached hydrogens (primary N) is 1. The van der Waals surface area contributed by atoms with Crippen LogP contribution in [0.2, 0.25) is 0 Å². The van der Waals surface area contributed by atoms with E-state index in [1.54, 1.807) is 6.07 Å². The SMILES string of the molecule is C=C1CC[C@@H](Oc2ccc(N)c(C=N)c2)C1. The maximum Gasteiger partial charge on any atom is 0.120 e. The van der Waals surface area contributed by atoms with Crippen molar-refractivity contribution in [2.45, 2.75) is 25.4 Å². The maximum atomic E-state index is 7.22. The molecule has 1 aliphatic rings. The minimum Gasteiger partial charge on any atom is -0.490 e. The van der Waals surface area contributed by atoms with E-state index in [1.807, 2.05) is 12.1 Å². The molecule has 0 saturated heterocycles. The molecule has 0 unspecified atom stereocenters. The van der Waals surface area contributed by atoms with Crippen LogP contribution in [0, 0.1) is 5.41 Å². The van der Waals surface area contributed by atoms with Gasteiger partial charge in [-0.15, -0.1) is 0 Å². The number of benzene rings is 1. The van der Waals surface area contributed by atoms with Crippen molar-refractivity contribution in [3.8, 4) is 5.75 Å². The van der Waals surface area contributed by atoms with Crippen LogP contribution in [0.1, 0.15) is 24.8 Å². The third kappa shape index (κ3) is 2.24. The third-order valence-electron chi connectivity index (χ3n) is 2.85. The first-order chi connectivity index (χ1) is 7.69. The van der Waals surface area contributed by atoms with E-state index < -0.39 is 0 Å². The number of nitrogens with one attached hydrogen (secondary N) is 1. The molecule has 0 heterocycles. The van der Waals surface area contributed by atoms with E-state index in [2.05, 4.69) is 6.58 Å². The second kappa shape index (κ2) is 4.39. The summed E-state index contributed by atoms with van der Waals surface area (Å²) in [6.45, 7) is 3.96. The summed E-state index contributed by atoms with van der Waals surface area (Å²) in [6, 6.07) is 5.44. The molecule has 84 valence electrons. The number of hydrogen-bond acceptors (Lipinski definition) is 3. The van der Waals surface area contributed by atoms with Gasteiger partial charge in [-0.1, -0.05) is 12.2 Å². The third-order valence-corrected chi connectivity index (χ3v) is 2.85. The molecule has 1 aliphatic carbocycles. The van der Waals surface area contributed by atoms with E-state index in [0.29, 0.717) is 11.3 Å². The van der Waals surface area contributed by atoms with Crippen LogP contribution in [-0.4, -0.2) is 12.3 Å². The Morgan fingerprint density at radius 1 is 1.50 bits per heavy atom. The van der Waals surface area contributed by atoms with Gasteiger partial charge in [0, 0.05) is 23.9 Å². The van der Waals surface area contributed by atoms with E-state index in [9.17, 15) is 0 Å². The number of rotatable bonds is 3. The Kier molecular flexibility index (Phi) is 2.95. The first-order valence-corrected chi connectivity index (χ1v) is 5.42. The van der Waals surface area contributed by atoms with Gasteiger partial charge in [-0.25, -0.2) is 0 Å². The van der Waals surface area contributed by atoms with Gasteiger partial charge in [-0.2, -0.15) is 0 Å². The molecule has 0 bridgehead atoms. The summed E-state index contributed by atoms with van der Waals surface area (Å²) in [4.78, 5) is 0. The van der Waals surface area contributed by atoms with E-state index in [-0.39, 0.29) is 6.10 Å². The molecule has 16 heavy (non-hydrogen) atoms. The lowest BCUT2D eigenvalue weighted by Crippen LogP contribution is -2.11. The van der Waals surface area contributed by atoms with Crippen molar-refractivity contribution in [1.29, 1.82) is 5.41 Å². The lowest BCUT2D eigenvalue weighted by Gasteiger charge is -2.13. The van der Waals surface area contributed by atoms with Crippen LogP contribution in [0.4, 0.5) is 5.69 Å². The van der Waals surface area contributed by atoms with Crippen molar-refractivity contribution in [2.24, 2.45) is 0 Å². The van der Waals surface area contributed by atoms with Crippen molar-refractivity contribution in [2.75, 3.05) is 5.73 Å². The summed E-state index contributed by atoms with van der Waals surface area (Å²) >= 11 is 0. The van der Waals surface area contributed by atoms with E-state index in [4.69, 9.17) is 15.9 Å². The number of anilines is 1. The van der Waals surface area contributed by atoms with Crippen molar-refractivity contribution in [3.63, 3.8) is 0 Å². The van der Waals surface area contributed by atoms with Gasteiger partial charge in [-0.05, 0) is 31.0 Å². The predicted octanol–water partition coefficient (Wildman–Crippen LogP) is 2.75. The summed E-state index contributed by atoms with van der Waals surface area (Å²) in [7, 11) is 0. The Morgan fingerprint density at radius 3 is 2.94 bits per heavy atom. The Bertz CT molecular complexity index is 426. The van der Waals surface area contributed by atoms with Crippen LogP contribution in [-0.2, 0) is 0 Å². The average Bonchev–Trinajstić information content (AvgIpc) is 2.67. The van der Waals surface area contributed by atoms with Crippen LogP contribution in [0.25, 0.3) is 0 Å². The van der Waals surface area contributed by atoms with Gasteiger partial charge in [-0.3, -0.25) is 0 Å². The highest BCUT2D eigenvalue weighted by molar-refractivity contribution is 5.85. The minimum absolute atomic E-state index is 0.231. The first-order valence-electron chi connectivity index (χ1n) is 5.42. The lowest BCUT2D eigenvalue weighted by molar-refractivity contribution is 0.213. The quantitative estimate of drug-likeness (QED) is 0.463. The molecule has 2 rings (SSSR count). The molecule has 0 spiro atoms. The molecule has 0 aromatic heterocycles. The molecule has 1 fully saturated rings. The Morgan fingerprint density at radius 2 is 2.31 bits per heavy atom. The maximum absolute atomic E-state index is 7.22. The normalized spacial score (nSPS) is 19.8. The van der Waals surface area contributed by atoms with Crippen molar-refractivity contribution in [3.05, 3.63) is 35.9 Å². The number of nitrogen functional groups attached to an aromatic ring is 1. The van der Waals surface area contributed by atoms with Crippen LogP contribution < -0.4 is 10.5 Å². The molecule has 3 nitrogen and oxygen atoms in total. The predicted molar refractivity (Wildman–Crippen MR) is 66.1 cm³/mol. The Hall–Kier alpha value is -1.77. The fraction of sp³-hybridized carbons (Fsp3) is 0.308. The molecule has 0 radical (unpaired) electrons. The van der Waals surface area contributed by atoms with Gasteiger partial charge in [0.2, 0.25) is 0 Å². The summed E-state index contributed by atoms with van der Waals surface area (Å²) in [5.41, 5.74) is 8.28. The van der Waals surface area contributed by atoms with Crippen LogP contribution >= 0.6 is 0 Å². The standard InChI is InChI=1S/C13H16N2O/c1-9-2-3-11(6-9)16-12-4-5-13(15)10(7-12)8-14/h4-5,7-8,11,14H,1-3,6,15H2/t11-/m1/s1. The fourth-order valence-corrected chi connectivity index (χ4v) is 1.94. The van der Waals surface area contributed by atoms with Gasteiger partial charge < -0.3 is 15.9 Å². The zero-order valence-corrected chi connectivity index (χ0v) is 9.20. The van der Waals surface area contributed by atoms with Crippen molar-refractivity contribution >= 4 is 11.9 Å². The van der Waals surface area contributed by atoms with Crippen LogP contribution in [0.3, 0.4) is 0 Å². The van der Waals surface area contributed by atoms with Gasteiger partial charge in [0.05, 0.1) is 0 Å². The highest BCUT2D eigenvalue weighted by Crippen LogP contribution is 2.28. The number of ether oxygens (including phenoxy) is 1. The van der Waals surface area contributed by atoms with Gasteiger partial charge in [0.1, 0.15) is 11.9 Å². The molecule has 3 N–H and O–H groups in total. The topological polar surface area (TPSA) is 59.1 Å². The molecule has 3 heteroatoms. The molecule has 0 amide bonds.